The summed E-state index contributed by atoms with van der Waals surface area (Å²) in [5, 5.41) is 4.45. The maximum atomic E-state index is 13.9. The highest BCUT2D eigenvalue weighted by Gasteiger charge is 2.60. The normalized spacial score (nSPS) is 29.3. The number of nitrogens with zero attached hydrogens (tertiary/aromatic N) is 1. The van der Waals surface area contributed by atoms with Crippen molar-refractivity contribution in [2.45, 2.75) is 44.2 Å². The van der Waals surface area contributed by atoms with Crippen LogP contribution < -0.4 is 5.32 Å². The number of piperidine rings is 3. The first-order chi connectivity index (χ1) is 12.0. The Balaban J connectivity index is 1.45. The number of amides is 1. The predicted octanol–water partition coefficient (Wildman–Crippen LogP) is 4.36. The first kappa shape index (κ1) is 16.0. The van der Waals surface area contributed by atoms with Crippen molar-refractivity contribution in [2.75, 3.05) is 13.1 Å². The molecule has 1 aliphatic carbocycles. The van der Waals surface area contributed by atoms with Crippen LogP contribution in [0.4, 0.5) is 4.39 Å². The van der Waals surface area contributed by atoms with Crippen molar-refractivity contribution in [3.05, 3.63) is 33.4 Å². The third-order valence-electron chi connectivity index (χ3n) is 6.42. The lowest BCUT2D eigenvalue weighted by atomic mass is 9.77. The van der Waals surface area contributed by atoms with E-state index >= 15 is 0 Å². The number of benzene rings is 1. The standard InChI is InChI=1S/C19H20ClFN2OS/c1-10-13(21)8-12-9-14(25-16(12)15(10)20)18(24)22-17-11-2-6-23(7-3-11)19(17)4-5-19/h8-9,11,17H,2-7H2,1H3,(H,22,24)/t17-/m1/s1. The van der Waals surface area contributed by atoms with E-state index in [4.69, 9.17) is 11.6 Å². The number of halogens is 2. The SMILES string of the molecule is Cc1c(F)cc2cc(C(=O)N[C@@H]3C4CCN(CC4)C34CC4)sc2c1Cl. The van der Waals surface area contributed by atoms with Gasteiger partial charge in [0.1, 0.15) is 5.82 Å². The van der Waals surface area contributed by atoms with Gasteiger partial charge in [-0.1, -0.05) is 11.6 Å². The number of hydrogen-bond donors (Lipinski definition) is 1. The van der Waals surface area contributed by atoms with Crippen molar-refractivity contribution >= 4 is 38.9 Å². The molecule has 1 spiro atoms. The molecular weight excluding hydrogens is 359 g/mol. The number of nitrogens with one attached hydrogen (secondary N) is 1. The number of rotatable bonds is 2. The zero-order valence-corrected chi connectivity index (χ0v) is 15.6. The third kappa shape index (κ3) is 2.29. The first-order valence-electron chi connectivity index (χ1n) is 8.94. The monoisotopic (exact) mass is 378 g/mol. The van der Waals surface area contributed by atoms with Gasteiger partial charge >= 0.3 is 0 Å². The van der Waals surface area contributed by atoms with Crippen LogP contribution >= 0.6 is 22.9 Å². The maximum Gasteiger partial charge on any atom is 0.261 e. The number of carbonyl (C=O) groups excluding carboxylic acids is 1. The second kappa shape index (κ2) is 5.41. The van der Waals surface area contributed by atoms with Gasteiger partial charge in [0.15, 0.2) is 0 Å². The van der Waals surface area contributed by atoms with E-state index < -0.39 is 0 Å². The largest absolute Gasteiger partial charge is 0.346 e. The lowest BCUT2D eigenvalue weighted by Gasteiger charge is -2.52. The molecular formula is C19H20ClFN2OS. The van der Waals surface area contributed by atoms with Gasteiger partial charge in [0.25, 0.3) is 5.91 Å². The second-order valence-corrected chi connectivity index (χ2v) is 9.14. The van der Waals surface area contributed by atoms with E-state index in [-0.39, 0.29) is 23.3 Å². The highest BCUT2D eigenvalue weighted by molar-refractivity contribution is 7.21. The molecule has 25 heavy (non-hydrogen) atoms. The summed E-state index contributed by atoms with van der Waals surface area (Å²) in [6, 6.07) is 3.49. The van der Waals surface area contributed by atoms with Gasteiger partial charge < -0.3 is 5.32 Å². The van der Waals surface area contributed by atoms with E-state index in [1.165, 1.54) is 56.2 Å². The molecule has 1 amide bonds. The van der Waals surface area contributed by atoms with Crippen molar-refractivity contribution in [1.82, 2.24) is 10.2 Å². The Morgan fingerprint density at radius 1 is 1.36 bits per heavy atom. The van der Waals surface area contributed by atoms with Gasteiger partial charge in [-0.25, -0.2) is 4.39 Å². The van der Waals surface area contributed by atoms with E-state index in [1.807, 2.05) is 0 Å². The van der Waals surface area contributed by atoms with Crippen molar-refractivity contribution < 1.29 is 9.18 Å². The Morgan fingerprint density at radius 3 is 2.76 bits per heavy atom. The summed E-state index contributed by atoms with van der Waals surface area (Å²) in [7, 11) is 0. The highest BCUT2D eigenvalue weighted by atomic mass is 35.5. The Bertz CT molecular complexity index is 883. The summed E-state index contributed by atoms with van der Waals surface area (Å²) in [5.41, 5.74) is 0.658. The van der Waals surface area contributed by atoms with Crippen molar-refractivity contribution in [2.24, 2.45) is 5.92 Å². The Morgan fingerprint density at radius 2 is 2.08 bits per heavy atom. The molecule has 3 aliphatic heterocycles. The molecule has 4 aliphatic rings. The molecule has 1 N–H and O–H groups in total. The van der Waals surface area contributed by atoms with Crippen LogP contribution in [0.25, 0.3) is 10.1 Å². The smallest absolute Gasteiger partial charge is 0.261 e. The van der Waals surface area contributed by atoms with Gasteiger partial charge in [-0.3, -0.25) is 9.69 Å². The van der Waals surface area contributed by atoms with E-state index in [0.29, 0.717) is 26.8 Å². The minimum atomic E-state index is -0.323. The average molecular weight is 379 g/mol. The minimum Gasteiger partial charge on any atom is -0.346 e. The van der Waals surface area contributed by atoms with Crippen LogP contribution in [-0.2, 0) is 0 Å². The molecule has 3 nitrogen and oxygen atoms in total. The van der Waals surface area contributed by atoms with Crippen LogP contribution in [0.1, 0.15) is 40.9 Å². The van der Waals surface area contributed by atoms with Crippen LogP contribution in [-0.4, -0.2) is 35.5 Å². The summed E-state index contributed by atoms with van der Waals surface area (Å²) in [6.07, 6.45) is 4.74. The van der Waals surface area contributed by atoms with Crippen LogP contribution in [0.5, 0.6) is 0 Å². The Hall–Kier alpha value is -1.17. The zero-order valence-electron chi connectivity index (χ0n) is 14.1. The molecule has 6 rings (SSSR count). The molecule has 4 heterocycles. The molecule has 3 saturated heterocycles. The van der Waals surface area contributed by atoms with Gasteiger partial charge in [0.05, 0.1) is 20.6 Å². The lowest BCUT2D eigenvalue weighted by molar-refractivity contribution is -0.00138. The van der Waals surface area contributed by atoms with E-state index in [0.717, 1.165) is 4.70 Å². The summed E-state index contributed by atoms with van der Waals surface area (Å²) in [4.78, 5) is 16.1. The average Bonchev–Trinajstić information content (AvgIpc) is 3.27. The first-order valence-corrected chi connectivity index (χ1v) is 10.1. The van der Waals surface area contributed by atoms with Crippen molar-refractivity contribution in [3.8, 4) is 0 Å². The topological polar surface area (TPSA) is 32.3 Å². The maximum absolute atomic E-state index is 13.9. The van der Waals surface area contributed by atoms with Crippen LogP contribution in [0.3, 0.4) is 0 Å². The Labute approximate surface area is 155 Å². The van der Waals surface area contributed by atoms with Crippen LogP contribution in [0.2, 0.25) is 5.02 Å². The molecule has 132 valence electrons. The number of carbonyl (C=O) groups is 1. The fourth-order valence-electron chi connectivity index (χ4n) is 4.85. The van der Waals surface area contributed by atoms with Gasteiger partial charge in [-0.05, 0) is 69.1 Å². The van der Waals surface area contributed by atoms with Crippen LogP contribution in [0, 0.1) is 18.7 Å². The summed E-state index contributed by atoms with van der Waals surface area (Å²) in [6.45, 7) is 4.02. The molecule has 1 saturated carbocycles. The summed E-state index contributed by atoms with van der Waals surface area (Å²) >= 11 is 7.64. The molecule has 0 unspecified atom stereocenters. The van der Waals surface area contributed by atoms with Gasteiger partial charge in [0.2, 0.25) is 0 Å². The number of hydrogen-bond acceptors (Lipinski definition) is 3. The fourth-order valence-corrected chi connectivity index (χ4v) is 6.20. The quantitative estimate of drug-likeness (QED) is 0.842. The van der Waals surface area contributed by atoms with E-state index in [9.17, 15) is 9.18 Å². The van der Waals surface area contributed by atoms with Crippen LogP contribution in [0.15, 0.2) is 12.1 Å². The number of fused-ring (bicyclic) bond motifs is 3. The van der Waals surface area contributed by atoms with E-state index in [1.54, 1.807) is 13.0 Å². The Kier molecular flexibility index (Phi) is 3.47. The number of thiophene rings is 1. The van der Waals surface area contributed by atoms with Crippen molar-refractivity contribution in [1.29, 1.82) is 0 Å². The van der Waals surface area contributed by atoms with Gasteiger partial charge in [-0.2, -0.15) is 0 Å². The summed E-state index contributed by atoms with van der Waals surface area (Å²) < 4.78 is 14.7. The zero-order chi connectivity index (χ0) is 17.3. The molecule has 1 aromatic heterocycles. The van der Waals surface area contributed by atoms with Crippen molar-refractivity contribution in [3.63, 3.8) is 0 Å². The minimum absolute atomic E-state index is 0.0413. The lowest BCUT2D eigenvalue weighted by Crippen LogP contribution is -2.65. The molecule has 2 aromatic rings. The molecule has 1 atom stereocenters. The summed E-state index contributed by atoms with van der Waals surface area (Å²) in [5.74, 6) is 0.228. The van der Waals surface area contributed by atoms with E-state index in [2.05, 4.69) is 10.2 Å². The molecule has 1 aromatic carbocycles. The molecule has 6 heteroatoms. The molecule has 4 fully saturated rings. The molecule has 0 radical (unpaired) electrons. The predicted molar refractivity (Wildman–Crippen MR) is 99.0 cm³/mol. The third-order valence-corrected chi connectivity index (χ3v) is 8.17. The fraction of sp³-hybridized carbons (Fsp3) is 0.526. The highest BCUT2D eigenvalue weighted by Crippen LogP contribution is 2.53. The second-order valence-electron chi connectivity index (χ2n) is 7.71. The van der Waals surface area contributed by atoms with Gasteiger partial charge in [0, 0.05) is 11.1 Å². The molecule has 2 bridgehead atoms. The van der Waals surface area contributed by atoms with Gasteiger partial charge in [-0.15, -0.1) is 11.3 Å².